The molecule has 1 aliphatic rings. The van der Waals surface area contributed by atoms with Crippen molar-refractivity contribution in [2.75, 3.05) is 12.1 Å². The van der Waals surface area contributed by atoms with Crippen molar-refractivity contribution in [3.05, 3.63) is 47.5 Å². The summed E-state index contributed by atoms with van der Waals surface area (Å²) in [6.07, 6.45) is 0. The Balaban J connectivity index is 1.71. The van der Waals surface area contributed by atoms with E-state index in [1.165, 1.54) is 18.2 Å². The molecule has 1 heterocycles. The van der Waals surface area contributed by atoms with E-state index in [4.69, 9.17) is 14.6 Å². The summed E-state index contributed by atoms with van der Waals surface area (Å²) in [6.45, 7) is 0.539. The lowest BCUT2D eigenvalue weighted by atomic mass is 10.1. The summed E-state index contributed by atoms with van der Waals surface area (Å²) in [5.74, 6) is 0.289. The fraction of sp³-hybridized carbons (Fsp3) is 0.133. The van der Waals surface area contributed by atoms with Crippen LogP contribution >= 0.6 is 0 Å². The first kappa shape index (κ1) is 13.1. The second-order valence-electron chi connectivity index (χ2n) is 4.57. The second-order valence-corrected chi connectivity index (χ2v) is 4.57. The molecule has 0 atom stereocenters. The highest BCUT2D eigenvalue weighted by molar-refractivity contribution is 5.88. The zero-order valence-corrected chi connectivity index (χ0v) is 11.0. The smallest absolute Gasteiger partial charge is 0.335 e. The van der Waals surface area contributed by atoms with Crippen LogP contribution in [-0.2, 0) is 6.54 Å². The highest BCUT2D eigenvalue weighted by Crippen LogP contribution is 2.37. The Morgan fingerprint density at radius 2 is 1.81 bits per heavy atom. The SMILES string of the molecule is O=C(O)c1ccc(NCc2cc3c(cc2O)OCO3)cc1. The standard InChI is InChI=1S/C15H13NO5/c17-12-6-14-13(20-8-21-14)5-10(12)7-16-11-3-1-9(2-4-11)15(18)19/h1-6,16-17H,7-8H2,(H,18,19). The third kappa shape index (κ3) is 2.69. The number of hydrogen-bond donors (Lipinski definition) is 3. The number of fused-ring (bicyclic) bond motifs is 1. The minimum Gasteiger partial charge on any atom is -0.507 e. The number of nitrogens with one attached hydrogen (secondary N) is 1. The van der Waals surface area contributed by atoms with Crippen LogP contribution in [0.1, 0.15) is 15.9 Å². The molecule has 0 spiro atoms. The van der Waals surface area contributed by atoms with Crippen LogP contribution < -0.4 is 14.8 Å². The first-order chi connectivity index (χ1) is 10.1. The molecule has 0 unspecified atom stereocenters. The summed E-state index contributed by atoms with van der Waals surface area (Å²) in [7, 11) is 0. The first-order valence-corrected chi connectivity index (χ1v) is 6.32. The molecule has 3 N–H and O–H groups in total. The van der Waals surface area contributed by atoms with Crippen LogP contribution in [0.5, 0.6) is 17.2 Å². The number of phenolic OH excluding ortho intramolecular Hbond substituents is 1. The van der Waals surface area contributed by atoms with Gasteiger partial charge in [0.25, 0.3) is 0 Å². The summed E-state index contributed by atoms with van der Waals surface area (Å²) in [5.41, 5.74) is 1.66. The van der Waals surface area contributed by atoms with Gasteiger partial charge >= 0.3 is 5.97 Å². The van der Waals surface area contributed by atoms with Crippen LogP contribution in [0.15, 0.2) is 36.4 Å². The number of benzene rings is 2. The summed E-state index contributed by atoms with van der Waals surface area (Å²) < 4.78 is 10.4. The van der Waals surface area contributed by atoms with Crippen molar-refractivity contribution in [3.8, 4) is 17.2 Å². The zero-order chi connectivity index (χ0) is 14.8. The van der Waals surface area contributed by atoms with Crippen LogP contribution in [0.4, 0.5) is 5.69 Å². The van der Waals surface area contributed by atoms with Gasteiger partial charge in [-0.2, -0.15) is 0 Å². The first-order valence-electron chi connectivity index (χ1n) is 6.32. The third-order valence-corrected chi connectivity index (χ3v) is 3.19. The predicted molar refractivity (Wildman–Crippen MR) is 75.0 cm³/mol. The van der Waals surface area contributed by atoms with E-state index in [1.807, 2.05) is 0 Å². The number of aromatic hydroxyl groups is 1. The quantitative estimate of drug-likeness (QED) is 0.800. The molecule has 6 heteroatoms. The molecule has 2 aromatic carbocycles. The summed E-state index contributed by atoms with van der Waals surface area (Å²) in [5, 5.41) is 21.9. The van der Waals surface area contributed by atoms with E-state index in [2.05, 4.69) is 5.32 Å². The van der Waals surface area contributed by atoms with Crippen LogP contribution in [-0.4, -0.2) is 23.0 Å². The van der Waals surface area contributed by atoms with Crippen molar-refractivity contribution in [2.24, 2.45) is 0 Å². The molecule has 108 valence electrons. The number of carbonyl (C=O) groups is 1. The highest BCUT2D eigenvalue weighted by Gasteiger charge is 2.16. The molecule has 1 aliphatic heterocycles. The molecule has 0 amide bonds. The lowest BCUT2D eigenvalue weighted by Crippen LogP contribution is -2.01. The lowest BCUT2D eigenvalue weighted by Gasteiger charge is -2.09. The maximum atomic E-state index is 10.8. The molecule has 0 saturated heterocycles. The van der Waals surface area contributed by atoms with Gasteiger partial charge in [0.2, 0.25) is 6.79 Å². The van der Waals surface area contributed by atoms with Gasteiger partial charge in [-0.15, -0.1) is 0 Å². The minimum atomic E-state index is -0.963. The summed E-state index contributed by atoms with van der Waals surface area (Å²) in [4.78, 5) is 10.8. The Hall–Kier alpha value is -2.89. The fourth-order valence-electron chi connectivity index (χ4n) is 2.04. The molecule has 0 bridgehead atoms. The Labute approximate surface area is 120 Å². The second kappa shape index (κ2) is 5.24. The number of anilines is 1. The Morgan fingerprint density at radius 1 is 1.14 bits per heavy atom. The van der Waals surface area contributed by atoms with Crippen molar-refractivity contribution < 1.29 is 24.5 Å². The highest BCUT2D eigenvalue weighted by atomic mass is 16.7. The van der Waals surface area contributed by atoms with Gasteiger partial charge in [0, 0.05) is 23.9 Å². The molecule has 3 rings (SSSR count). The number of carboxylic acid groups (broad SMARTS) is 1. The maximum Gasteiger partial charge on any atom is 0.335 e. The minimum absolute atomic E-state index is 0.119. The number of phenols is 1. The van der Waals surface area contributed by atoms with Gasteiger partial charge in [0.1, 0.15) is 5.75 Å². The molecule has 0 radical (unpaired) electrons. The van der Waals surface area contributed by atoms with Crippen molar-refractivity contribution >= 4 is 11.7 Å². The van der Waals surface area contributed by atoms with Gasteiger partial charge < -0.3 is 25.0 Å². The van der Waals surface area contributed by atoms with Gasteiger partial charge in [-0.3, -0.25) is 0 Å². The predicted octanol–water partition coefficient (Wildman–Crippen LogP) is 2.43. The van der Waals surface area contributed by atoms with Crippen molar-refractivity contribution in [1.29, 1.82) is 0 Å². The molecule has 0 aromatic heterocycles. The normalized spacial score (nSPS) is 12.2. The summed E-state index contributed by atoms with van der Waals surface area (Å²) >= 11 is 0. The molecule has 0 aliphatic carbocycles. The van der Waals surface area contributed by atoms with E-state index >= 15 is 0 Å². The third-order valence-electron chi connectivity index (χ3n) is 3.19. The maximum absolute atomic E-state index is 10.8. The monoisotopic (exact) mass is 287 g/mol. The number of carboxylic acids is 1. The topological polar surface area (TPSA) is 88.0 Å². The van der Waals surface area contributed by atoms with Gasteiger partial charge in [-0.05, 0) is 30.3 Å². The van der Waals surface area contributed by atoms with Crippen molar-refractivity contribution in [3.63, 3.8) is 0 Å². The van der Waals surface area contributed by atoms with E-state index in [0.29, 0.717) is 23.6 Å². The van der Waals surface area contributed by atoms with Crippen LogP contribution in [0.3, 0.4) is 0 Å². The summed E-state index contributed by atoms with van der Waals surface area (Å²) in [6, 6.07) is 9.62. The Kier molecular flexibility index (Phi) is 3.27. The van der Waals surface area contributed by atoms with Gasteiger partial charge in [-0.25, -0.2) is 4.79 Å². The Bertz CT molecular complexity index is 681. The van der Waals surface area contributed by atoms with E-state index < -0.39 is 5.97 Å². The van der Waals surface area contributed by atoms with E-state index in [9.17, 15) is 9.90 Å². The lowest BCUT2D eigenvalue weighted by molar-refractivity contribution is 0.0697. The Morgan fingerprint density at radius 3 is 2.48 bits per heavy atom. The van der Waals surface area contributed by atoms with Crippen LogP contribution in [0.2, 0.25) is 0 Å². The largest absolute Gasteiger partial charge is 0.507 e. The average Bonchev–Trinajstić information content (AvgIpc) is 2.92. The van der Waals surface area contributed by atoms with Crippen LogP contribution in [0.25, 0.3) is 0 Å². The van der Waals surface area contributed by atoms with E-state index in [0.717, 1.165) is 5.69 Å². The number of hydrogen-bond acceptors (Lipinski definition) is 5. The molecular formula is C15H13NO5. The van der Waals surface area contributed by atoms with Crippen molar-refractivity contribution in [1.82, 2.24) is 0 Å². The number of aromatic carboxylic acids is 1. The molecular weight excluding hydrogens is 274 g/mol. The van der Waals surface area contributed by atoms with E-state index in [-0.39, 0.29) is 18.1 Å². The van der Waals surface area contributed by atoms with Crippen LogP contribution in [0, 0.1) is 0 Å². The molecule has 2 aromatic rings. The number of rotatable bonds is 4. The molecule has 0 saturated carbocycles. The van der Waals surface area contributed by atoms with Gasteiger partial charge in [0.05, 0.1) is 5.56 Å². The molecule has 6 nitrogen and oxygen atoms in total. The van der Waals surface area contributed by atoms with Gasteiger partial charge in [0.15, 0.2) is 11.5 Å². The average molecular weight is 287 g/mol. The van der Waals surface area contributed by atoms with Crippen molar-refractivity contribution in [2.45, 2.75) is 6.54 Å². The fourth-order valence-corrected chi connectivity index (χ4v) is 2.04. The number of ether oxygens (including phenoxy) is 2. The molecule has 0 fully saturated rings. The zero-order valence-electron chi connectivity index (χ0n) is 11.0. The van der Waals surface area contributed by atoms with Gasteiger partial charge in [-0.1, -0.05) is 0 Å². The van der Waals surface area contributed by atoms with E-state index in [1.54, 1.807) is 18.2 Å². The molecule has 21 heavy (non-hydrogen) atoms.